The SMILES string of the molecule is C[C@H](c1ccccc1)N(F)C(=O)c1ccc2c(c1)CCN1C[C@@H]3CCCN[C@@H]3C[C@H]21. The number of halogens is 1. The Balaban J connectivity index is 1.35. The van der Waals surface area contributed by atoms with Gasteiger partial charge in [0.15, 0.2) is 0 Å². The molecule has 5 heteroatoms. The molecule has 0 bridgehead atoms. The normalized spacial score (nSPS) is 26.8. The summed E-state index contributed by atoms with van der Waals surface area (Å²) in [6.45, 7) is 5.03. The molecule has 4 atom stereocenters. The van der Waals surface area contributed by atoms with Gasteiger partial charge < -0.3 is 5.32 Å². The van der Waals surface area contributed by atoms with Gasteiger partial charge in [-0.1, -0.05) is 40.9 Å². The van der Waals surface area contributed by atoms with Gasteiger partial charge in [0.1, 0.15) is 0 Å². The summed E-state index contributed by atoms with van der Waals surface area (Å²) >= 11 is 0. The Morgan fingerprint density at radius 3 is 2.90 bits per heavy atom. The first kappa shape index (κ1) is 19.7. The van der Waals surface area contributed by atoms with Gasteiger partial charge in [-0.25, -0.2) is 0 Å². The van der Waals surface area contributed by atoms with Crippen molar-refractivity contribution >= 4 is 5.91 Å². The van der Waals surface area contributed by atoms with Crippen LogP contribution in [0.25, 0.3) is 0 Å². The van der Waals surface area contributed by atoms with Gasteiger partial charge in [0.05, 0.1) is 6.04 Å². The number of benzene rings is 2. The Labute approximate surface area is 178 Å². The molecule has 3 aliphatic heterocycles. The van der Waals surface area contributed by atoms with Crippen molar-refractivity contribution in [3.63, 3.8) is 0 Å². The van der Waals surface area contributed by atoms with E-state index in [0.29, 0.717) is 22.8 Å². The summed E-state index contributed by atoms with van der Waals surface area (Å²) in [6, 6.07) is 15.5. The number of amides is 1. The van der Waals surface area contributed by atoms with Crippen LogP contribution in [0.15, 0.2) is 48.5 Å². The van der Waals surface area contributed by atoms with Crippen LogP contribution >= 0.6 is 0 Å². The Morgan fingerprint density at radius 1 is 1.23 bits per heavy atom. The summed E-state index contributed by atoms with van der Waals surface area (Å²) in [4.78, 5) is 15.5. The molecule has 0 saturated carbocycles. The average molecular weight is 408 g/mol. The fraction of sp³-hybridized carbons (Fsp3) is 0.480. The average Bonchev–Trinajstić information content (AvgIpc) is 2.81. The zero-order valence-electron chi connectivity index (χ0n) is 17.6. The summed E-state index contributed by atoms with van der Waals surface area (Å²) < 4.78 is 14.9. The summed E-state index contributed by atoms with van der Waals surface area (Å²) in [5.41, 5.74) is 3.76. The van der Waals surface area contributed by atoms with Crippen molar-refractivity contribution in [3.05, 3.63) is 70.8 Å². The lowest BCUT2D eigenvalue weighted by molar-refractivity contribution is -0.00302. The Bertz CT molecular complexity index is 918. The van der Waals surface area contributed by atoms with Crippen LogP contribution in [0, 0.1) is 5.92 Å². The smallest absolute Gasteiger partial charge is 0.282 e. The third kappa shape index (κ3) is 3.54. The second kappa shape index (κ2) is 8.12. The summed E-state index contributed by atoms with van der Waals surface area (Å²) in [7, 11) is 0. The van der Waals surface area contributed by atoms with E-state index in [1.165, 1.54) is 24.0 Å². The monoisotopic (exact) mass is 407 g/mol. The minimum Gasteiger partial charge on any atom is -0.314 e. The molecule has 30 heavy (non-hydrogen) atoms. The lowest BCUT2D eigenvalue weighted by Crippen LogP contribution is -2.54. The van der Waals surface area contributed by atoms with Gasteiger partial charge in [-0.15, -0.1) is 0 Å². The van der Waals surface area contributed by atoms with Crippen molar-refractivity contribution in [2.45, 2.75) is 50.7 Å². The molecule has 1 amide bonds. The highest BCUT2D eigenvalue weighted by molar-refractivity contribution is 5.94. The molecule has 2 fully saturated rings. The predicted octanol–water partition coefficient (Wildman–Crippen LogP) is 4.45. The van der Waals surface area contributed by atoms with Crippen LogP contribution in [0.2, 0.25) is 0 Å². The van der Waals surface area contributed by atoms with Crippen molar-refractivity contribution in [2.75, 3.05) is 19.6 Å². The second-order valence-corrected chi connectivity index (χ2v) is 9.08. The maximum absolute atomic E-state index is 14.9. The van der Waals surface area contributed by atoms with Gasteiger partial charge >= 0.3 is 0 Å². The van der Waals surface area contributed by atoms with Crippen LogP contribution < -0.4 is 5.32 Å². The van der Waals surface area contributed by atoms with Gasteiger partial charge in [0.2, 0.25) is 0 Å². The molecule has 0 aromatic heterocycles. The number of carbonyl (C=O) groups is 1. The summed E-state index contributed by atoms with van der Waals surface area (Å²) in [6.07, 6.45) is 4.67. The molecule has 0 aliphatic carbocycles. The molecule has 2 saturated heterocycles. The van der Waals surface area contributed by atoms with Gasteiger partial charge in [0, 0.05) is 30.7 Å². The number of piperidine rings is 2. The third-order valence-corrected chi connectivity index (χ3v) is 7.35. The van der Waals surface area contributed by atoms with E-state index in [9.17, 15) is 9.28 Å². The molecule has 0 radical (unpaired) electrons. The van der Waals surface area contributed by atoms with Crippen LogP contribution in [0.1, 0.15) is 65.3 Å². The lowest BCUT2D eigenvalue weighted by atomic mass is 9.77. The van der Waals surface area contributed by atoms with Crippen molar-refractivity contribution in [2.24, 2.45) is 5.92 Å². The molecule has 0 spiro atoms. The van der Waals surface area contributed by atoms with E-state index in [-0.39, 0.29) is 0 Å². The van der Waals surface area contributed by atoms with Crippen molar-refractivity contribution in [1.82, 2.24) is 15.3 Å². The van der Waals surface area contributed by atoms with E-state index in [4.69, 9.17) is 0 Å². The third-order valence-electron chi connectivity index (χ3n) is 7.35. The first-order valence-electron chi connectivity index (χ1n) is 11.3. The van der Waals surface area contributed by atoms with Crippen LogP contribution in [0.4, 0.5) is 4.48 Å². The molecule has 2 aromatic rings. The second-order valence-electron chi connectivity index (χ2n) is 9.08. The van der Waals surface area contributed by atoms with Gasteiger partial charge in [-0.2, -0.15) is 5.12 Å². The highest BCUT2D eigenvalue weighted by Gasteiger charge is 2.39. The Hall–Kier alpha value is -2.24. The fourth-order valence-electron chi connectivity index (χ4n) is 5.61. The lowest BCUT2D eigenvalue weighted by Gasteiger charge is -2.49. The quantitative estimate of drug-likeness (QED) is 0.764. The predicted molar refractivity (Wildman–Crippen MR) is 116 cm³/mol. The maximum Gasteiger partial charge on any atom is 0.282 e. The van der Waals surface area contributed by atoms with Crippen molar-refractivity contribution < 1.29 is 9.28 Å². The molecule has 3 heterocycles. The highest BCUT2D eigenvalue weighted by Crippen LogP contribution is 2.40. The standard InChI is InChI=1S/C25H30FN3O/c1-17(18-6-3-2-4-7-18)29(26)25(30)20-9-10-22-19(14-20)11-13-28-16-21-8-5-12-27-23(21)15-24(22)28/h2-4,6-7,9-10,14,17,21,23-24,27H,5,8,11-13,15-16H2,1H3/t17-,21+,23-,24-/m1/s1. The van der Waals surface area contributed by atoms with E-state index in [0.717, 1.165) is 44.0 Å². The largest absolute Gasteiger partial charge is 0.314 e. The molecule has 5 rings (SSSR count). The van der Waals surface area contributed by atoms with Crippen LogP contribution in [-0.4, -0.2) is 41.6 Å². The van der Waals surface area contributed by atoms with E-state index >= 15 is 0 Å². The van der Waals surface area contributed by atoms with Crippen LogP contribution in [0.3, 0.4) is 0 Å². The van der Waals surface area contributed by atoms with E-state index in [2.05, 4.69) is 16.3 Å². The molecule has 4 nitrogen and oxygen atoms in total. The van der Waals surface area contributed by atoms with E-state index in [1.807, 2.05) is 42.5 Å². The summed E-state index contributed by atoms with van der Waals surface area (Å²) in [5, 5.41) is 4.08. The number of hydrogen-bond acceptors (Lipinski definition) is 3. The highest BCUT2D eigenvalue weighted by atomic mass is 19.2. The summed E-state index contributed by atoms with van der Waals surface area (Å²) in [5.74, 6) is 0.200. The first-order valence-corrected chi connectivity index (χ1v) is 11.3. The van der Waals surface area contributed by atoms with E-state index in [1.54, 1.807) is 6.92 Å². The number of nitrogens with zero attached hydrogens (tertiary/aromatic N) is 2. The number of rotatable bonds is 3. The molecular formula is C25H30FN3O. The molecule has 158 valence electrons. The minimum atomic E-state index is -0.613. The topological polar surface area (TPSA) is 35.6 Å². The molecule has 0 unspecified atom stereocenters. The molecule has 1 N–H and O–H groups in total. The Kier molecular flexibility index (Phi) is 5.34. The Morgan fingerprint density at radius 2 is 2.07 bits per heavy atom. The van der Waals surface area contributed by atoms with E-state index < -0.39 is 11.9 Å². The van der Waals surface area contributed by atoms with Crippen molar-refractivity contribution in [1.29, 1.82) is 0 Å². The van der Waals surface area contributed by atoms with Gasteiger partial charge in [0.25, 0.3) is 5.91 Å². The van der Waals surface area contributed by atoms with Gasteiger partial charge in [-0.05, 0) is 73.9 Å². The fourth-order valence-corrected chi connectivity index (χ4v) is 5.61. The zero-order valence-corrected chi connectivity index (χ0v) is 17.6. The number of hydrogen-bond donors (Lipinski definition) is 1. The minimum absolute atomic E-state index is 0.364. The number of fused-ring (bicyclic) bond motifs is 4. The molecule has 3 aliphatic rings. The van der Waals surface area contributed by atoms with Crippen LogP contribution in [-0.2, 0) is 6.42 Å². The maximum atomic E-state index is 14.9. The first-order chi connectivity index (χ1) is 14.6. The van der Waals surface area contributed by atoms with Crippen molar-refractivity contribution in [3.8, 4) is 0 Å². The molecular weight excluding hydrogens is 377 g/mol. The number of nitrogens with one attached hydrogen (secondary N) is 1. The zero-order chi connectivity index (χ0) is 20.7. The molecule has 2 aromatic carbocycles. The van der Waals surface area contributed by atoms with Gasteiger partial charge in [-0.3, -0.25) is 9.69 Å². The van der Waals surface area contributed by atoms with Crippen LogP contribution in [0.5, 0.6) is 0 Å². The number of carbonyl (C=O) groups excluding carboxylic acids is 1.